The monoisotopic (exact) mass is 357 g/mol. The van der Waals surface area contributed by atoms with Crippen LogP contribution in [0.15, 0.2) is 54.6 Å². The molecule has 4 nitrogen and oxygen atoms in total. The Morgan fingerprint density at radius 2 is 1.68 bits per heavy atom. The normalized spacial score (nSPS) is 10.3. The van der Waals surface area contributed by atoms with Crippen molar-refractivity contribution in [2.24, 2.45) is 0 Å². The number of pyridine rings is 1. The average molecular weight is 358 g/mol. The van der Waals surface area contributed by atoms with Crippen LogP contribution < -0.4 is 0 Å². The SMILES string of the molecule is COCCOC(=O)c1c(C)nc2ccccc2c1-c1ccccc1.Cl. The first kappa shape index (κ1) is 18.9. The van der Waals surface area contributed by atoms with Crippen molar-refractivity contribution >= 4 is 29.3 Å². The van der Waals surface area contributed by atoms with Gasteiger partial charge in [-0.1, -0.05) is 48.5 Å². The van der Waals surface area contributed by atoms with Crippen molar-refractivity contribution in [2.45, 2.75) is 6.92 Å². The van der Waals surface area contributed by atoms with Crippen LogP contribution in [0, 0.1) is 6.92 Å². The summed E-state index contributed by atoms with van der Waals surface area (Å²) in [4.78, 5) is 17.2. The summed E-state index contributed by atoms with van der Waals surface area (Å²) in [5.74, 6) is -0.373. The van der Waals surface area contributed by atoms with Crippen LogP contribution in [-0.2, 0) is 9.47 Å². The molecule has 0 saturated heterocycles. The number of aryl methyl sites for hydroxylation is 1. The summed E-state index contributed by atoms with van der Waals surface area (Å²) in [6, 6.07) is 17.7. The van der Waals surface area contributed by atoms with Crippen LogP contribution in [0.2, 0.25) is 0 Å². The maximum atomic E-state index is 12.7. The highest BCUT2D eigenvalue weighted by atomic mass is 35.5. The van der Waals surface area contributed by atoms with Gasteiger partial charge in [-0.3, -0.25) is 4.98 Å². The van der Waals surface area contributed by atoms with Gasteiger partial charge in [-0.05, 0) is 18.6 Å². The fourth-order valence-corrected chi connectivity index (χ4v) is 2.78. The molecular formula is C20H20ClNO3. The third-order valence-corrected chi connectivity index (χ3v) is 3.86. The summed E-state index contributed by atoms with van der Waals surface area (Å²) in [5.41, 5.74) is 3.87. The number of halogens is 1. The number of hydrogen-bond donors (Lipinski definition) is 0. The van der Waals surface area contributed by atoms with Crippen LogP contribution in [0.5, 0.6) is 0 Å². The number of nitrogens with zero attached hydrogens (tertiary/aromatic N) is 1. The first-order valence-electron chi connectivity index (χ1n) is 7.83. The predicted octanol–water partition coefficient (Wildman–Crippen LogP) is 4.44. The van der Waals surface area contributed by atoms with Gasteiger partial charge in [0.2, 0.25) is 0 Å². The molecule has 0 fully saturated rings. The Labute approximate surface area is 153 Å². The number of benzene rings is 2. The number of hydrogen-bond acceptors (Lipinski definition) is 4. The van der Waals surface area contributed by atoms with Crippen molar-refractivity contribution in [1.29, 1.82) is 0 Å². The molecule has 130 valence electrons. The molecule has 0 radical (unpaired) electrons. The Kier molecular flexibility index (Phi) is 6.51. The molecular weight excluding hydrogens is 338 g/mol. The molecule has 3 aromatic rings. The molecule has 0 aliphatic rings. The Morgan fingerprint density at radius 3 is 2.40 bits per heavy atom. The first-order chi connectivity index (χ1) is 11.7. The maximum absolute atomic E-state index is 12.7. The minimum absolute atomic E-state index is 0. The van der Waals surface area contributed by atoms with Crippen LogP contribution in [-0.4, -0.2) is 31.3 Å². The van der Waals surface area contributed by atoms with Gasteiger partial charge in [-0.15, -0.1) is 12.4 Å². The van der Waals surface area contributed by atoms with Gasteiger partial charge in [0.25, 0.3) is 0 Å². The van der Waals surface area contributed by atoms with Crippen molar-refractivity contribution in [2.75, 3.05) is 20.3 Å². The number of carbonyl (C=O) groups excluding carboxylic acids is 1. The van der Waals surface area contributed by atoms with Crippen LogP contribution in [0.1, 0.15) is 16.1 Å². The molecule has 0 saturated carbocycles. The molecule has 1 aromatic heterocycles. The average Bonchev–Trinajstić information content (AvgIpc) is 2.61. The highest BCUT2D eigenvalue weighted by Crippen LogP contribution is 2.33. The van der Waals surface area contributed by atoms with Crippen molar-refractivity contribution < 1.29 is 14.3 Å². The third-order valence-electron chi connectivity index (χ3n) is 3.86. The maximum Gasteiger partial charge on any atom is 0.340 e. The second kappa shape index (κ2) is 8.60. The molecule has 0 spiro atoms. The zero-order chi connectivity index (χ0) is 16.9. The zero-order valence-electron chi connectivity index (χ0n) is 14.2. The first-order valence-corrected chi connectivity index (χ1v) is 7.83. The molecule has 3 rings (SSSR count). The van der Waals surface area contributed by atoms with E-state index < -0.39 is 0 Å². The quantitative estimate of drug-likeness (QED) is 0.500. The highest BCUT2D eigenvalue weighted by molar-refractivity contribution is 6.07. The molecule has 25 heavy (non-hydrogen) atoms. The fraction of sp³-hybridized carbons (Fsp3) is 0.200. The van der Waals surface area contributed by atoms with Gasteiger partial charge in [0.15, 0.2) is 0 Å². The Balaban J connectivity index is 0.00000225. The molecule has 0 unspecified atom stereocenters. The summed E-state index contributed by atoms with van der Waals surface area (Å²) in [5, 5.41) is 0.938. The lowest BCUT2D eigenvalue weighted by atomic mass is 9.94. The molecule has 0 bridgehead atoms. The zero-order valence-corrected chi connectivity index (χ0v) is 15.0. The van der Waals surface area contributed by atoms with E-state index in [0.717, 1.165) is 22.0 Å². The molecule has 0 atom stereocenters. The van der Waals surface area contributed by atoms with Crippen LogP contribution in [0.25, 0.3) is 22.0 Å². The number of methoxy groups -OCH3 is 1. The van der Waals surface area contributed by atoms with E-state index in [1.165, 1.54) is 0 Å². The largest absolute Gasteiger partial charge is 0.460 e. The lowest BCUT2D eigenvalue weighted by molar-refractivity contribution is 0.0388. The van der Waals surface area contributed by atoms with Crippen LogP contribution in [0.3, 0.4) is 0 Å². The molecule has 5 heteroatoms. The van der Waals surface area contributed by atoms with E-state index in [1.807, 2.05) is 61.5 Å². The van der Waals surface area contributed by atoms with Gasteiger partial charge in [0.05, 0.1) is 23.4 Å². The van der Waals surface area contributed by atoms with E-state index in [9.17, 15) is 4.79 Å². The Hall–Kier alpha value is -2.43. The highest BCUT2D eigenvalue weighted by Gasteiger charge is 2.21. The van der Waals surface area contributed by atoms with Gasteiger partial charge in [-0.2, -0.15) is 0 Å². The number of ether oxygens (including phenoxy) is 2. The number of aromatic nitrogens is 1. The lowest BCUT2D eigenvalue weighted by Gasteiger charge is -2.15. The predicted molar refractivity (Wildman–Crippen MR) is 101 cm³/mol. The van der Waals surface area contributed by atoms with Gasteiger partial charge in [0, 0.05) is 18.1 Å². The number of fused-ring (bicyclic) bond motifs is 1. The molecule has 1 heterocycles. The molecule has 0 amide bonds. The van der Waals surface area contributed by atoms with E-state index in [0.29, 0.717) is 17.9 Å². The number of esters is 1. The summed E-state index contributed by atoms with van der Waals surface area (Å²) in [7, 11) is 1.58. The standard InChI is InChI=1S/C20H19NO3.ClH/c1-14-18(20(22)24-13-12-23-2)19(15-8-4-3-5-9-15)16-10-6-7-11-17(16)21-14;/h3-11H,12-13H2,1-2H3;1H. The van der Waals surface area contributed by atoms with Crippen molar-refractivity contribution in [3.8, 4) is 11.1 Å². The van der Waals surface area contributed by atoms with Gasteiger partial charge >= 0.3 is 5.97 Å². The summed E-state index contributed by atoms with van der Waals surface area (Å²) < 4.78 is 10.3. The van der Waals surface area contributed by atoms with Crippen molar-refractivity contribution in [3.63, 3.8) is 0 Å². The second-order valence-corrected chi connectivity index (χ2v) is 5.46. The summed E-state index contributed by atoms with van der Waals surface area (Å²) in [6.45, 7) is 2.42. The van der Waals surface area contributed by atoms with E-state index in [-0.39, 0.29) is 25.0 Å². The fourth-order valence-electron chi connectivity index (χ4n) is 2.78. The van der Waals surface area contributed by atoms with Gasteiger partial charge < -0.3 is 9.47 Å². The Bertz CT molecular complexity index is 865. The van der Waals surface area contributed by atoms with E-state index in [2.05, 4.69) is 4.98 Å². The molecule has 0 aliphatic heterocycles. The van der Waals surface area contributed by atoms with E-state index in [1.54, 1.807) is 7.11 Å². The van der Waals surface area contributed by atoms with Crippen LogP contribution in [0.4, 0.5) is 0 Å². The summed E-state index contributed by atoms with van der Waals surface area (Å²) >= 11 is 0. The van der Waals surface area contributed by atoms with Gasteiger partial charge in [0.1, 0.15) is 6.61 Å². The summed E-state index contributed by atoms with van der Waals surface area (Å²) in [6.07, 6.45) is 0. The molecule has 0 N–H and O–H groups in total. The van der Waals surface area contributed by atoms with Gasteiger partial charge in [-0.25, -0.2) is 4.79 Å². The van der Waals surface area contributed by atoms with E-state index in [4.69, 9.17) is 9.47 Å². The molecule has 2 aromatic carbocycles. The van der Waals surface area contributed by atoms with Crippen LogP contribution >= 0.6 is 12.4 Å². The van der Waals surface area contributed by atoms with Crippen molar-refractivity contribution in [3.05, 3.63) is 65.9 Å². The number of rotatable bonds is 5. The minimum atomic E-state index is -0.373. The molecule has 0 aliphatic carbocycles. The lowest BCUT2D eigenvalue weighted by Crippen LogP contribution is -2.13. The van der Waals surface area contributed by atoms with Crippen molar-refractivity contribution in [1.82, 2.24) is 4.98 Å². The smallest absolute Gasteiger partial charge is 0.340 e. The third kappa shape index (κ3) is 3.98. The Morgan fingerprint density at radius 1 is 1.00 bits per heavy atom. The topological polar surface area (TPSA) is 48.4 Å². The number of carbonyl (C=O) groups is 1. The minimum Gasteiger partial charge on any atom is -0.460 e. The van der Waals surface area contributed by atoms with E-state index >= 15 is 0 Å². The second-order valence-electron chi connectivity index (χ2n) is 5.46. The number of para-hydroxylation sites is 1.